The smallest absolute Gasteiger partial charge is 0.316 e. The zero-order chi connectivity index (χ0) is 6.85. The van der Waals surface area contributed by atoms with Crippen LogP contribution in [-0.2, 0) is 0 Å². The molecule has 0 atom stereocenters. The number of nitrogens with zero attached hydrogens (tertiary/aromatic N) is 1. The lowest BCUT2D eigenvalue weighted by atomic mass is 10.5. The molecule has 0 spiro atoms. The Balaban J connectivity index is 3.43. The van der Waals surface area contributed by atoms with E-state index in [0.717, 1.165) is 0 Å². The average Bonchev–Trinajstić information content (AvgIpc) is 1.83. The van der Waals surface area contributed by atoms with Crippen LogP contribution in [0.4, 0.5) is 0 Å². The number of aromatic nitrogens is 2. The van der Waals surface area contributed by atoms with Crippen molar-refractivity contribution in [2.75, 3.05) is 0 Å². The van der Waals surface area contributed by atoms with Gasteiger partial charge in [-0.25, -0.2) is 0 Å². The van der Waals surface area contributed by atoms with Crippen LogP contribution in [0.5, 0.6) is 0 Å². The third-order valence-electron chi connectivity index (χ3n) is 1.08. The Morgan fingerprint density at radius 1 is 1.78 bits per heavy atom. The normalized spacial score (nSPS) is 9.44. The third kappa shape index (κ3) is 0.910. The highest BCUT2D eigenvalue weighted by atomic mass is 16.5. The summed E-state index contributed by atoms with van der Waals surface area (Å²) in [5.74, 6) is 0. The van der Waals surface area contributed by atoms with Gasteiger partial charge in [-0.05, 0) is 0 Å². The fourth-order valence-electron chi connectivity index (χ4n) is 0.497. The molecule has 0 fully saturated rings. The van der Waals surface area contributed by atoms with Gasteiger partial charge in [-0.2, -0.15) is 4.73 Å². The summed E-state index contributed by atoms with van der Waals surface area (Å²) in [6, 6.07) is 0. The lowest BCUT2D eigenvalue weighted by Crippen LogP contribution is -2.36. The maximum atomic E-state index is 10.6. The van der Waals surface area contributed by atoms with Gasteiger partial charge in [-0.15, -0.1) is 0 Å². The van der Waals surface area contributed by atoms with Gasteiger partial charge in [0.05, 0.1) is 6.20 Å². The molecule has 1 aromatic heterocycles. The Bertz CT molecular complexity index is 266. The van der Waals surface area contributed by atoms with E-state index in [2.05, 4.69) is 4.98 Å². The predicted molar refractivity (Wildman–Crippen MR) is 30.8 cm³/mol. The average molecular weight is 126 g/mol. The molecule has 1 heterocycles. The van der Waals surface area contributed by atoms with Crippen molar-refractivity contribution in [2.45, 2.75) is 6.92 Å². The summed E-state index contributed by atoms with van der Waals surface area (Å²) in [6.45, 7) is 1.46. The van der Waals surface area contributed by atoms with Crippen LogP contribution >= 0.6 is 0 Å². The molecule has 4 nitrogen and oxygen atoms in total. The van der Waals surface area contributed by atoms with Crippen LogP contribution in [0, 0.1) is 12.1 Å². The van der Waals surface area contributed by atoms with E-state index >= 15 is 0 Å². The molecule has 0 saturated carbocycles. The van der Waals surface area contributed by atoms with Crippen LogP contribution < -0.4 is 10.3 Å². The van der Waals surface area contributed by atoms with Gasteiger partial charge in [0.15, 0.2) is 6.20 Å². The first-order chi connectivity index (χ1) is 4.22. The Labute approximate surface area is 51.4 Å². The second kappa shape index (κ2) is 1.89. The molecule has 0 aliphatic rings. The molecule has 9 heavy (non-hydrogen) atoms. The van der Waals surface area contributed by atoms with Crippen molar-refractivity contribution < 1.29 is 4.73 Å². The molecule has 1 N–H and O–H groups in total. The van der Waals surface area contributed by atoms with Crippen molar-refractivity contribution in [3.63, 3.8) is 0 Å². The van der Waals surface area contributed by atoms with Gasteiger partial charge in [0.25, 0.3) is 5.69 Å². The topological polar surface area (TPSA) is 59.8 Å². The summed E-state index contributed by atoms with van der Waals surface area (Å²) in [5.41, 5.74) is -0.176. The van der Waals surface area contributed by atoms with Crippen LogP contribution in [0.25, 0.3) is 0 Å². The van der Waals surface area contributed by atoms with E-state index in [1.807, 2.05) is 0 Å². The minimum atomic E-state index is -0.340. The number of H-pyrrole nitrogens is 1. The SMILES string of the molecule is Cc1c(=O)[nH]cc[n+]1[O-]. The van der Waals surface area contributed by atoms with E-state index in [1.54, 1.807) is 0 Å². The van der Waals surface area contributed by atoms with Crippen molar-refractivity contribution in [1.29, 1.82) is 0 Å². The highest BCUT2D eigenvalue weighted by Gasteiger charge is 1.99. The van der Waals surface area contributed by atoms with E-state index < -0.39 is 0 Å². The summed E-state index contributed by atoms with van der Waals surface area (Å²) in [7, 11) is 0. The summed E-state index contributed by atoms with van der Waals surface area (Å²) in [6.07, 6.45) is 2.55. The molecule has 1 rings (SSSR count). The first kappa shape index (κ1) is 5.81. The van der Waals surface area contributed by atoms with Crippen LogP contribution in [0.3, 0.4) is 0 Å². The molecule has 0 amide bonds. The van der Waals surface area contributed by atoms with Crippen molar-refractivity contribution in [1.82, 2.24) is 4.98 Å². The van der Waals surface area contributed by atoms with Gasteiger partial charge < -0.3 is 10.2 Å². The van der Waals surface area contributed by atoms with Crippen molar-refractivity contribution >= 4 is 0 Å². The molecule has 0 radical (unpaired) electrons. The third-order valence-corrected chi connectivity index (χ3v) is 1.08. The molecule has 4 heteroatoms. The van der Waals surface area contributed by atoms with Gasteiger partial charge in [-0.3, -0.25) is 4.79 Å². The first-order valence-electron chi connectivity index (χ1n) is 2.49. The molecule has 0 aliphatic heterocycles. The lowest BCUT2D eigenvalue weighted by Gasteiger charge is -1.94. The number of hydrogen-bond acceptors (Lipinski definition) is 2. The molecular weight excluding hydrogens is 120 g/mol. The highest BCUT2D eigenvalue weighted by Crippen LogP contribution is 1.70. The standard InChI is InChI=1S/C5H6N2O2/c1-4-5(8)6-2-3-7(4)9/h2-3H,1H3,(H,6,8). The second-order valence-electron chi connectivity index (χ2n) is 1.70. The molecule has 0 aliphatic carbocycles. The van der Waals surface area contributed by atoms with E-state index in [9.17, 15) is 10.0 Å². The Kier molecular flexibility index (Phi) is 1.22. The van der Waals surface area contributed by atoms with Gasteiger partial charge in [0.1, 0.15) is 0 Å². The lowest BCUT2D eigenvalue weighted by molar-refractivity contribution is -0.613. The van der Waals surface area contributed by atoms with E-state index in [1.165, 1.54) is 19.3 Å². The van der Waals surface area contributed by atoms with Crippen molar-refractivity contribution in [3.8, 4) is 0 Å². The number of aromatic amines is 1. The van der Waals surface area contributed by atoms with Gasteiger partial charge in [-0.1, -0.05) is 0 Å². The summed E-state index contributed by atoms with van der Waals surface area (Å²) in [4.78, 5) is 12.9. The summed E-state index contributed by atoms with van der Waals surface area (Å²) >= 11 is 0. The van der Waals surface area contributed by atoms with Crippen LogP contribution in [-0.4, -0.2) is 4.98 Å². The van der Waals surface area contributed by atoms with E-state index in [0.29, 0.717) is 4.73 Å². The van der Waals surface area contributed by atoms with Gasteiger partial charge >= 0.3 is 5.56 Å². The number of nitrogens with one attached hydrogen (secondary N) is 1. The fraction of sp³-hybridized carbons (Fsp3) is 0.200. The minimum Gasteiger partial charge on any atom is -0.618 e. The molecule has 0 saturated heterocycles. The number of rotatable bonds is 0. The predicted octanol–water partition coefficient (Wildman–Crippen LogP) is -0.683. The van der Waals surface area contributed by atoms with Gasteiger partial charge in [0.2, 0.25) is 0 Å². The fourth-order valence-corrected chi connectivity index (χ4v) is 0.497. The largest absolute Gasteiger partial charge is 0.618 e. The molecule has 0 unspecified atom stereocenters. The second-order valence-corrected chi connectivity index (χ2v) is 1.70. The van der Waals surface area contributed by atoms with Crippen LogP contribution in [0.2, 0.25) is 0 Å². The quantitative estimate of drug-likeness (QED) is 0.369. The highest BCUT2D eigenvalue weighted by molar-refractivity contribution is 4.83. The Morgan fingerprint density at radius 2 is 2.44 bits per heavy atom. The Morgan fingerprint density at radius 3 is 2.89 bits per heavy atom. The minimum absolute atomic E-state index is 0.164. The molecule has 1 aromatic rings. The van der Waals surface area contributed by atoms with Crippen molar-refractivity contribution in [2.24, 2.45) is 0 Å². The Hall–Kier alpha value is -1.32. The van der Waals surface area contributed by atoms with E-state index in [4.69, 9.17) is 0 Å². The van der Waals surface area contributed by atoms with Crippen LogP contribution in [0.1, 0.15) is 5.69 Å². The summed E-state index contributed by atoms with van der Waals surface area (Å²) < 4.78 is 0.527. The molecular formula is C5H6N2O2. The molecule has 0 aromatic carbocycles. The molecule has 48 valence electrons. The zero-order valence-corrected chi connectivity index (χ0v) is 4.92. The first-order valence-corrected chi connectivity index (χ1v) is 2.49. The van der Waals surface area contributed by atoms with Gasteiger partial charge in [0, 0.05) is 6.92 Å². The maximum absolute atomic E-state index is 10.6. The zero-order valence-electron chi connectivity index (χ0n) is 4.92. The molecule has 0 bridgehead atoms. The van der Waals surface area contributed by atoms with Crippen molar-refractivity contribution in [3.05, 3.63) is 33.6 Å². The maximum Gasteiger partial charge on any atom is 0.316 e. The van der Waals surface area contributed by atoms with Crippen LogP contribution in [0.15, 0.2) is 17.2 Å². The van der Waals surface area contributed by atoms with E-state index in [-0.39, 0.29) is 11.3 Å². The monoisotopic (exact) mass is 126 g/mol. The summed E-state index contributed by atoms with van der Waals surface area (Å²) in [5, 5.41) is 10.5. The number of hydrogen-bond donors (Lipinski definition) is 1.